The van der Waals surface area contributed by atoms with Crippen LogP contribution in [-0.4, -0.2) is 21.5 Å². The van der Waals surface area contributed by atoms with Gasteiger partial charge in [0.25, 0.3) is 0 Å². The first-order valence-corrected chi connectivity index (χ1v) is 12.3. The molecule has 0 saturated carbocycles. The molecule has 0 fully saturated rings. The maximum atomic E-state index is 12.7. The molecular formula is C24H22ClF3N2O2S. The van der Waals surface area contributed by atoms with Crippen molar-refractivity contribution in [2.24, 2.45) is 0 Å². The highest BCUT2D eigenvalue weighted by Crippen LogP contribution is 2.37. The lowest BCUT2D eigenvalue weighted by Gasteiger charge is -2.27. The lowest BCUT2D eigenvalue weighted by Crippen LogP contribution is -2.28. The van der Waals surface area contributed by atoms with E-state index in [1.807, 2.05) is 36.4 Å². The predicted molar refractivity (Wildman–Crippen MR) is 124 cm³/mol. The van der Waals surface area contributed by atoms with Gasteiger partial charge in [0.15, 0.2) is 0 Å². The minimum Gasteiger partial charge on any atom is -0.341 e. The average Bonchev–Trinajstić information content (AvgIpc) is 2.93. The smallest absolute Gasteiger partial charge is 0.341 e. The third-order valence-corrected chi connectivity index (χ3v) is 7.34. The lowest BCUT2D eigenvalue weighted by molar-refractivity contribution is -0.137. The molecule has 1 heterocycles. The number of sulfonamides is 1. The fourth-order valence-corrected chi connectivity index (χ4v) is 5.22. The van der Waals surface area contributed by atoms with Crippen molar-refractivity contribution in [2.45, 2.75) is 30.3 Å². The molecule has 0 aliphatic carbocycles. The van der Waals surface area contributed by atoms with E-state index in [0.29, 0.717) is 18.0 Å². The SMILES string of the molecule is O=S(=O)(NCCCN1c2ccccc2CCc2ccc(Cl)cc21)c1ccc(C(F)(F)F)cc1. The Morgan fingerprint density at radius 3 is 2.27 bits per heavy atom. The summed E-state index contributed by atoms with van der Waals surface area (Å²) in [5, 5.41) is 0.626. The molecule has 1 aliphatic heterocycles. The van der Waals surface area contributed by atoms with Gasteiger partial charge in [-0.15, -0.1) is 0 Å². The second kappa shape index (κ2) is 9.37. The summed E-state index contributed by atoms with van der Waals surface area (Å²) in [6, 6.07) is 17.4. The van der Waals surface area contributed by atoms with Gasteiger partial charge in [-0.1, -0.05) is 35.9 Å². The number of hydrogen-bond acceptors (Lipinski definition) is 3. The van der Waals surface area contributed by atoms with Crippen LogP contribution in [0, 0.1) is 0 Å². The lowest BCUT2D eigenvalue weighted by atomic mass is 10.0. The summed E-state index contributed by atoms with van der Waals surface area (Å²) in [4.78, 5) is 1.95. The summed E-state index contributed by atoms with van der Waals surface area (Å²) < 4.78 is 65.7. The molecule has 3 aromatic carbocycles. The van der Waals surface area contributed by atoms with Crippen LogP contribution in [0.15, 0.2) is 71.6 Å². The number of fused-ring (bicyclic) bond motifs is 2. The van der Waals surface area contributed by atoms with Gasteiger partial charge in [-0.25, -0.2) is 13.1 Å². The molecule has 4 rings (SSSR count). The van der Waals surface area contributed by atoms with Crippen molar-refractivity contribution in [1.29, 1.82) is 0 Å². The fourth-order valence-electron chi connectivity index (χ4n) is 3.98. The Hall–Kier alpha value is -2.55. The van der Waals surface area contributed by atoms with Crippen LogP contribution in [0.1, 0.15) is 23.1 Å². The van der Waals surface area contributed by atoms with Crippen LogP contribution < -0.4 is 9.62 Å². The normalized spacial score (nSPS) is 13.9. The first-order valence-electron chi connectivity index (χ1n) is 10.5. The summed E-state index contributed by atoms with van der Waals surface area (Å²) in [5.41, 5.74) is 3.54. The molecular weight excluding hydrogens is 473 g/mol. The van der Waals surface area contributed by atoms with Gasteiger partial charge in [0.05, 0.1) is 10.5 Å². The van der Waals surface area contributed by atoms with Crippen LogP contribution in [0.3, 0.4) is 0 Å². The standard InChI is InChI=1S/C24H22ClF3N2O2S/c25-20-11-8-18-7-6-17-4-1-2-5-22(17)30(23(18)16-20)15-3-14-29-33(31,32)21-12-9-19(10-13-21)24(26,27)28/h1-2,4-5,8-13,16,29H,3,6-7,14-15H2. The maximum absolute atomic E-state index is 12.7. The molecule has 9 heteroatoms. The Kier molecular flexibility index (Phi) is 6.70. The van der Waals surface area contributed by atoms with Crippen molar-refractivity contribution in [2.75, 3.05) is 18.0 Å². The number of hydrogen-bond donors (Lipinski definition) is 1. The monoisotopic (exact) mass is 494 g/mol. The van der Waals surface area contributed by atoms with E-state index in [-0.39, 0.29) is 11.4 Å². The van der Waals surface area contributed by atoms with E-state index in [4.69, 9.17) is 11.6 Å². The van der Waals surface area contributed by atoms with Crippen LogP contribution in [0.4, 0.5) is 24.5 Å². The number of aryl methyl sites for hydroxylation is 2. The number of rotatable bonds is 6. The summed E-state index contributed by atoms with van der Waals surface area (Å²) >= 11 is 6.26. The molecule has 174 valence electrons. The van der Waals surface area contributed by atoms with Crippen LogP contribution in [0.2, 0.25) is 5.02 Å². The highest BCUT2D eigenvalue weighted by molar-refractivity contribution is 7.89. The molecule has 0 spiro atoms. The first-order chi connectivity index (χ1) is 15.6. The Morgan fingerprint density at radius 1 is 0.909 bits per heavy atom. The Balaban J connectivity index is 1.47. The fraction of sp³-hybridized carbons (Fsp3) is 0.250. The number of alkyl halides is 3. The van der Waals surface area contributed by atoms with Gasteiger partial charge >= 0.3 is 6.18 Å². The highest BCUT2D eigenvalue weighted by atomic mass is 35.5. The minimum absolute atomic E-state index is 0.137. The molecule has 0 aromatic heterocycles. The van der Waals surface area contributed by atoms with Crippen molar-refractivity contribution >= 4 is 33.0 Å². The van der Waals surface area contributed by atoms with Crippen molar-refractivity contribution in [3.63, 3.8) is 0 Å². The Labute approximate surface area is 196 Å². The van der Waals surface area contributed by atoms with Crippen molar-refractivity contribution in [1.82, 2.24) is 4.72 Å². The zero-order valence-corrected chi connectivity index (χ0v) is 19.1. The molecule has 0 atom stereocenters. The van der Waals surface area contributed by atoms with Gasteiger partial charge in [0.1, 0.15) is 0 Å². The van der Waals surface area contributed by atoms with E-state index in [0.717, 1.165) is 48.5 Å². The van der Waals surface area contributed by atoms with Crippen LogP contribution in [0.25, 0.3) is 0 Å². The Morgan fingerprint density at radius 2 is 1.58 bits per heavy atom. The van der Waals surface area contributed by atoms with Gasteiger partial charge < -0.3 is 4.90 Å². The van der Waals surface area contributed by atoms with Crippen LogP contribution >= 0.6 is 11.6 Å². The predicted octanol–water partition coefficient (Wildman–Crippen LogP) is 5.96. The van der Waals surface area contributed by atoms with Crippen molar-refractivity contribution in [3.8, 4) is 0 Å². The first kappa shape index (κ1) is 23.6. The van der Waals surface area contributed by atoms with Gasteiger partial charge in [0, 0.05) is 29.5 Å². The zero-order valence-electron chi connectivity index (χ0n) is 17.6. The van der Waals surface area contributed by atoms with Crippen molar-refractivity contribution in [3.05, 3.63) is 88.4 Å². The number of nitrogens with one attached hydrogen (secondary N) is 1. The molecule has 0 radical (unpaired) electrons. The van der Waals surface area contributed by atoms with E-state index >= 15 is 0 Å². The summed E-state index contributed by atoms with van der Waals surface area (Å²) in [6.07, 6.45) is -2.26. The number of halogens is 4. The minimum atomic E-state index is -4.52. The van der Waals surface area contributed by atoms with E-state index in [1.165, 1.54) is 11.1 Å². The second-order valence-corrected chi connectivity index (χ2v) is 10.0. The van der Waals surface area contributed by atoms with Gasteiger partial charge in [-0.2, -0.15) is 13.2 Å². The van der Waals surface area contributed by atoms with Gasteiger partial charge in [-0.05, 0) is 72.9 Å². The second-order valence-electron chi connectivity index (χ2n) is 7.83. The Bertz CT molecular complexity index is 1250. The third-order valence-electron chi connectivity index (χ3n) is 5.63. The average molecular weight is 495 g/mol. The van der Waals surface area contributed by atoms with Gasteiger partial charge in [-0.3, -0.25) is 0 Å². The quantitative estimate of drug-likeness (QED) is 0.430. The van der Waals surface area contributed by atoms with E-state index in [2.05, 4.69) is 15.7 Å². The third kappa shape index (κ3) is 5.34. The van der Waals surface area contributed by atoms with E-state index in [9.17, 15) is 21.6 Å². The highest BCUT2D eigenvalue weighted by Gasteiger charge is 2.30. The number of benzene rings is 3. The number of anilines is 2. The van der Waals surface area contributed by atoms with Crippen LogP contribution in [0.5, 0.6) is 0 Å². The molecule has 1 N–H and O–H groups in total. The summed E-state index contributed by atoms with van der Waals surface area (Å²) in [5.74, 6) is 0. The van der Waals surface area contributed by atoms with Gasteiger partial charge in [0.2, 0.25) is 10.0 Å². The molecule has 3 aromatic rings. The number of nitrogens with zero attached hydrogens (tertiary/aromatic N) is 1. The molecule has 0 amide bonds. The molecule has 4 nitrogen and oxygen atoms in total. The van der Waals surface area contributed by atoms with E-state index in [1.54, 1.807) is 0 Å². The molecule has 1 aliphatic rings. The molecule has 33 heavy (non-hydrogen) atoms. The number of para-hydroxylation sites is 1. The molecule has 0 bridgehead atoms. The van der Waals surface area contributed by atoms with E-state index < -0.39 is 21.8 Å². The maximum Gasteiger partial charge on any atom is 0.416 e. The zero-order chi connectivity index (χ0) is 23.6. The largest absolute Gasteiger partial charge is 0.416 e. The molecule has 0 saturated heterocycles. The van der Waals surface area contributed by atoms with Crippen molar-refractivity contribution < 1.29 is 21.6 Å². The molecule has 0 unspecified atom stereocenters. The summed E-state index contributed by atoms with van der Waals surface area (Å²) in [7, 11) is -3.92. The summed E-state index contributed by atoms with van der Waals surface area (Å²) in [6.45, 7) is 0.678. The topological polar surface area (TPSA) is 49.4 Å². The van der Waals surface area contributed by atoms with Crippen LogP contribution in [-0.2, 0) is 29.0 Å².